The van der Waals surface area contributed by atoms with Crippen LogP contribution in [0.2, 0.25) is 0 Å². The Morgan fingerprint density at radius 1 is 0.672 bits per heavy atom. The molecule has 0 saturated carbocycles. The number of hydrogen-bond donors (Lipinski definition) is 4. The van der Waals surface area contributed by atoms with Crippen molar-refractivity contribution in [2.75, 3.05) is 107 Å². The number of hydrogen-bond acceptors (Lipinski definition) is 14. The minimum absolute atomic E-state index is 0. The number of benzene rings is 3. The molecule has 3 aromatic carbocycles. The minimum Gasteiger partial charge on any atom is -0.493 e. The molecule has 316 valence electrons. The summed E-state index contributed by atoms with van der Waals surface area (Å²) in [5.74, 6) is -0.0820. The maximum atomic E-state index is 13.9. The summed E-state index contributed by atoms with van der Waals surface area (Å²) in [4.78, 5) is 44.5. The molecule has 0 radical (unpaired) electrons. The van der Waals surface area contributed by atoms with Crippen molar-refractivity contribution in [2.45, 2.75) is 18.6 Å². The molecular formula is C41H53ClN4O12. The molecule has 2 amide bonds. The predicted molar refractivity (Wildman–Crippen MR) is 216 cm³/mol. The van der Waals surface area contributed by atoms with Crippen LogP contribution in [0.4, 0.5) is 0 Å². The van der Waals surface area contributed by atoms with Gasteiger partial charge in [0, 0.05) is 36.0 Å². The first-order valence-corrected chi connectivity index (χ1v) is 18.9. The predicted octanol–water partition coefficient (Wildman–Crippen LogP) is 2.24. The highest BCUT2D eigenvalue weighted by Gasteiger charge is 2.31. The van der Waals surface area contributed by atoms with E-state index in [2.05, 4.69) is 20.9 Å². The number of aliphatic hydroxyl groups excluding tert-OH is 1. The molecule has 2 atom stereocenters. The minimum atomic E-state index is -0.385. The molecule has 58 heavy (non-hydrogen) atoms. The standard InChI is InChI=1S/C41H52N4O12.ClH/c1-50-36-10-9-35(57-22-21-56-20-19-55-18-17-54-16-15-53-14-13-52-12-11-46)37(39(36)51-2)38(47)28-3-5-29(6-4-28)40(48)44-33-26-43-27-34(33)45-41(49)30-7-8-31-24-42-25-32(31)23-30;/h3-10,23-24,33-34,43,46H,11-22,25-27H2,1-2H3,(H,44,48)(H,45,49);1H/t33-,34-;/m1./s1. The lowest BCUT2D eigenvalue weighted by atomic mass is 9.99. The smallest absolute Gasteiger partial charge is 0.251 e. The molecule has 4 N–H and O–H groups in total. The summed E-state index contributed by atoms with van der Waals surface area (Å²) in [7, 11) is 2.93. The molecule has 3 aromatic rings. The van der Waals surface area contributed by atoms with Gasteiger partial charge >= 0.3 is 0 Å². The fourth-order valence-electron chi connectivity index (χ4n) is 6.16. The van der Waals surface area contributed by atoms with Gasteiger partial charge < -0.3 is 59.0 Å². The van der Waals surface area contributed by atoms with Gasteiger partial charge in [-0.1, -0.05) is 18.2 Å². The lowest BCUT2D eigenvalue weighted by molar-refractivity contribution is -0.0146. The van der Waals surface area contributed by atoms with E-state index in [1.54, 1.807) is 48.7 Å². The summed E-state index contributed by atoms with van der Waals surface area (Å²) >= 11 is 0. The Balaban J connectivity index is 0.00000744. The number of aliphatic hydroxyl groups is 1. The quantitative estimate of drug-likeness (QED) is 0.0681. The molecule has 0 unspecified atom stereocenters. The number of fused-ring (bicyclic) bond motifs is 1. The van der Waals surface area contributed by atoms with Crippen LogP contribution in [-0.2, 0) is 30.2 Å². The number of nitrogens with zero attached hydrogens (tertiary/aromatic N) is 1. The molecule has 17 heteroatoms. The number of amides is 2. The Labute approximate surface area is 344 Å². The van der Waals surface area contributed by atoms with E-state index in [4.69, 9.17) is 43.0 Å². The van der Waals surface area contributed by atoms with Gasteiger partial charge in [0.25, 0.3) is 11.8 Å². The number of halogens is 1. The Morgan fingerprint density at radius 3 is 1.76 bits per heavy atom. The summed E-state index contributed by atoms with van der Waals surface area (Å²) in [5, 5.41) is 17.9. The summed E-state index contributed by atoms with van der Waals surface area (Å²) in [6.45, 7) is 5.56. The fourth-order valence-corrected chi connectivity index (χ4v) is 6.16. The first-order valence-electron chi connectivity index (χ1n) is 18.9. The van der Waals surface area contributed by atoms with Crippen LogP contribution in [0.3, 0.4) is 0 Å². The number of carbonyl (C=O) groups is 3. The van der Waals surface area contributed by atoms with Gasteiger partial charge in [0.1, 0.15) is 17.9 Å². The normalized spacial score (nSPS) is 15.4. The van der Waals surface area contributed by atoms with Crippen molar-refractivity contribution in [3.63, 3.8) is 0 Å². The van der Waals surface area contributed by atoms with Crippen molar-refractivity contribution in [1.29, 1.82) is 0 Å². The third kappa shape index (κ3) is 13.5. The summed E-state index contributed by atoms with van der Waals surface area (Å²) in [5.41, 5.74) is 3.40. The summed E-state index contributed by atoms with van der Waals surface area (Å²) in [6.07, 6.45) is 1.80. The highest BCUT2D eigenvalue weighted by Crippen LogP contribution is 2.39. The average molecular weight is 829 g/mol. The van der Waals surface area contributed by atoms with Gasteiger partial charge in [0.15, 0.2) is 11.5 Å². The van der Waals surface area contributed by atoms with Crippen molar-refractivity contribution < 1.29 is 57.4 Å². The zero-order chi connectivity index (χ0) is 40.2. The van der Waals surface area contributed by atoms with Crippen LogP contribution in [0.15, 0.2) is 59.6 Å². The molecule has 2 heterocycles. The van der Waals surface area contributed by atoms with Gasteiger partial charge in [-0.15, -0.1) is 12.4 Å². The number of rotatable bonds is 26. The Kier molecular flexibility index (Phi) is 19.8. The van der Waals surface area contributed by atoms with Crippen LogP contribution >= 0.6 is 12.4 Å². The second-order valence-electron chi connectivity index (χ2n) is 12.9. The maximum Gasteiger partial charge on any atom is 0.251 e. The van der Waals surface area contributed by atoms with Crippen molar-refractivity contribution >= 4 is 36.2 Å². The van der Waals surface area contributed by atoms with Gasteiger partial charge in [0.2, 0.25) is 5.78 Å². The molecule has 0 spiro atoms. The molecule has 0 aromatic heterocycles. The lowest BCUT2D eigenvalue weighted by Crippen LogP contribution is -2.51. The Hall–Kier alpha value is -4.65. The second-order valence-corrected chi connectivity index (χ2v) is 12.9. The topological polar surface area (TPSA) is 194 Å². The Morgan fingerprint density at radius 2 is 1.19 bits per heavy atom. The summed E-state index contributed by atoms with van der Waals surface area (Å²) < 4.78 is 44.1. The van der Waals surface area contributed by atoms with Gasteiger partial charge in [0.05, 0.1) is 106 Å². The van der Waals surface area contributed by atoms with Crippen molar-refractivity contribution in [3.8, 4) is 17.2 Å². The SMILES string of the molecule is COc1ccc(OCCOCCOCCOCCOCCOCCO)c(C(=O)c2ccc(C(=O)N[C@@H]3CNC[C@H]3NC(=O)c3ccc4c(c3)CN=C4)cc2)c1OC.Cl. The molecule has 2 aliphatic heterocycles. The lowest BCUT2D eigenvalue weighted by Gasteiger charge is -2.21. The van der Waals surface area contributed by atoms with E-state index < -0.39 is 0 Å². The third-order valence-corrected chi connectivity index (χ3v) is 9.10. The molecule has 16 nitrogen and oxygen atoms in total. The molecule has 0 bridgehead atoms. The molecule has 2 aliphatic rings. The van der Waals surface area contributed by atoms with E-state index in [-0.39, 0.29) is 79.0 Å². The monoisotopic (exact) mass is 828 g/mol. The maximum absolute atomic E-state index is 13.9. The van der Waals surface area contributed by atoms with Crippen LogP contribution in [0.1, 0.15) is 47.8 Å². The Bertz CT molecular complexity index is 1800. The van der Waals surface area contributed by atoms with Crippen LogP contribution in [0.5, 0.6) is 17.2 Å². The fraction of sp³-hybridized carbons (Fsp3) is 0.463. The zero-order valence-corrected chi connectivity index (χ0v) is 33.6. The largest absolute Gasteiger partial charge is 0.493 e. The molecule has 1 saturated heterocycles. The first kappa shape index (κ1) is 46.0. The van der Waals surface area contributed by atoms with E-state index in [9.17, 15) is 14.4 Å². The van der Waals surface area contributed by atoms with Gasteiger partial charge in [-0.05, 0) is 47.5 Å². The molecule has 5 rings (SSSR count). The van der Waals surface area contributed by atoms with E-state index in [1.165, 1.54) is 14.2 Å². The highest BCUT2D eigenvalue weighted by atomic mass is 35.5. The van der Waals surface area contributed by atoms with Gasteiger partial charge in [-0.3, -0.25) is 19.4 Å². The molecular weight excluding hydrogens is 776 g/mol. The molecule has 0 aliphatic carbocycles. The van der Waals surface area contributed by atoms with Crippen LogP contribution < -0.4 is 30.2 Å². The first-order chi connectivity index (χ1) is 27.9. The van der Waals surface area contributed by atoms with Crippen LogP contribution in [0, 0.1) is 0 Å². The number of nitrogens with one attached hydrogen (secondary N) is 3. The number of methoxy groups -OCH3 is 2. The van der Waals surface area contributed by atoms with Gasteiger partial charge in [-0.2, -0.15) is 0 Å². The van der Waals surface area contributed by atoms with Gasteiger partial charge in [-0.25, -0.2) is 0 Å². The van der Waals surface area contributed by atoms with E-state index in [0.29, 0.717) is 102 Å². The third-order valence-electron chi connectivity index (χ3n) is 9.10. The number of ketones is 1. The van der Waals surface area contributed by atoms with Crippen molar-refractivity contribution in [2.24, 2.45) is 4.99 Å². The second kappa shape index (κ2) is 25.0. The molecule has 1 fully saturated rings. The highest BCUT2D eigenvalue weighted by molar-refractivity contribution is 6.13. The summed E-state index contributed by atoms with van der Waals surface area (Å²) in [6, 6.07) is 14.4. The number of aliphatic imine (C=N–C) groups is 1. The number of carbonyl (C=O) groups excluding carboxylic acids is 3. The van der Waals surface area contributed by atoms with E-state index >= 15 is 0 Å². The van der Waals surface area contributed by atoms with Crippen LogP contribution in [0.25, 0.3) is 0 Å². The van der Waals surface area contributed by atoms with E-state index in [0.717, 1.165) is 11.1 Å². The van der Waals surface area contributed by atoms with Crippen LogP contribution in [-0.4, -0.2) is 148 Å². The van der Waals surface area contributed by atoms with Crippen molar-refractivity contribution in [1.82, 2.24) is 16.0 Å². The van der Waals surface area contributed by atoms with Crippen molar-refractivity contribution in [3.05, 3.63) is 88.0 Å². The average Bonchev–Trinajstić information content (AvgIpc) is 3.90. The number of ether oxygens (including phenoxy) is 8. The zero-order valence-electron chi connectivity index (χ0n) is 32.8. The van der Waals surface area contributed by atoms with E-state index in [1.807, 2.05) is 12.1 Å².